The number of aliphatic hydroxyl groups is 2. The summed E-state index contributed by atoms with van der Waals surface area (Å²) in [5, 5.41) is 23.8. The molecule has 2 aromatic rings. The maximum atomic E-state index is 12.4. The van der Waals surface area contributed by atoms with E-state index < -0.39 is 12.0 Å². The number of methoxy groups -OCH3 is 2. The van der Waals surface area contributed by atoms with Crippen LogP contribution < -0.4 is 19.7 Å². The molecule has 8 nitrogen and oxygen atoms in total. The molecule has 3 rings (SSSR count). The molecule has 0 saturated carbocycles. The van der Waals surface area contributed by atoms with Crippen molar-refractivity contribution in [2.45, 2.75) is 6.10 Å². The summed E-state index contributed by atoms with van der Waals surface area (Å²) in [5.41, 5.74) is 1.34. The van der Waals surface area contributed by atoms with Crippen molar-refractivity contribution < 1.29 is 24.5 Å². The average Bonchev–Trinajstić information content (AvgIpc) is 2.68. The highest BCUT2D eigenvalue weighted by molar-refractivity contribution is 5.95. The van der Waals surface area contributed by atoms with E-state index in [1.165, 1.54) is 43.6 Å². The van der Waals surface area contributed by atoms with Gasteiger partial charge in [-0.15, -0.1) is 0 Å². The summed E-state index contributed by atoms with van der Waals surface area (Å²) in [6.07, 6.45) is 1.73. The molecule has 136 valence electrons. The second-order valence-corrected chi connectivity index (χ2v) is 5.65. The number of aliphatic hydroxyl groups excluding tert-OH is 2. The Labute approximate surface area is 150 Å². The van der Waals surface area contributed by atoms with Crippen LogP contribution in [-0.2, 0) is 0 Å². The van der Waals surface area contributed by atoms with Crippen molar-refractivity contribution >= 4 is 11.6 Å². The van der Waals surface area contributed by atoms with E-state index in [-0.39, 0.29) is 11.6 Å². The van der Waals surface area contributed by atoms with Crippen LogP contribution in [0.3, 0.4) is 0 Å². The second-order valence-electron chi connectivity index (χ2n) is 5.65. The number of benzene rings is 1. The number of anilines is 1. The molecule has 1 aromatic heterocycles. The van der Waals surface area contributed by atoms with E-state index in [2.05, 4.69) is 10.3 Å². The number of nitrogens with one attached hydrogen (secondary N) is 1. The molecule has 2 heterocycles. The van der Waals surface area contributed by atoms with Crippen molar-refractivity contribution in [1.82, 2.24) is 10.3 Å². The maximum Gasteiger partial charge on any atom is 0.255 e. The fourth-order valence-corrected chi connectivity index (χ4v) is 2.79. The van der Waals surface area contributed by atoms with Gasteiger partial charge in [0, 0.05) is 36.6 Å². The summed E-state index contributed by atoms with van der Waals surface area (Å²) < 4.78 is 10.5. The van der Waals surface area contributed by atoms with Gasteiger partial charge in [-0.1, -0.05) is 0 Å². The first-order valence-corrected chi connectivity index (χ1v) is 7.80. The number of carbonyl (C=O) groups is 1. The lowest BCUT2D eigenvalue weighted by Crippen LogP contribution is -2.35. The molecule has 0 fully saturated rings. The van der Waals surface area contributed by atoms with Gasteiger partial charge in [0.15, 0.2) is 11.5 Å². The Morgan fingerprint density at radius 1 is 1.19 bits per heavy atom. The second kappa shape index (κ2) is 6.93. The number of rotatable bonds is 4. The maximum absolute atomic E-state index is 12.4. The van der Waals surface area contributed by atoms with Gasteiger partial charge in [-0.3, -0.25) is 9.78 Å². The third-order valence-corrected chi connectivity index (χ3v) is 4.21. The monoisotopic (exact) mass is 357 g/mol. The highest BCUT2D eigenvalue weighted by Gasteiger charge is 2.33. The number of hydrogen-bond donors (Lipinski definition) is 3. The number of pyridine rings is 1. The van der Waals surface area contributed by atoms with Gasteiger partial charge in [-0.05, 0) is 18.2 Å². The Bertz CT molecular complexity index is 867. The average molecular weight is 357 g/mol. The van der Waals surface area contributed by atoms with E-state index in [0.29, 0.717) is 28.3 Å². The summed E-state index contributed by atoms with van der Waals surface area (Å²) in [6, 6.07) is 6.33. The molecule has 3 N–H and O–H groups in total. The summed E-state index contributed by atoms with van der Waals surface area (Å²) in [5.74, 6) is 0.159. The molecule has 0 saturated heterocycles. The number of carbonyl (C=O) groups excluding carboxylic acids is 1. The normalized spacial score (nSPS) is 16.2. The van der Waals surface area contributed by atoms with Gasteiger partial charge < -0.3 is 29.9 Å². The number of fused-ring (bicyclic) bond motifs is 1. The molecule has 0 radical (unpaired) electrons. The minimum Gasteiger partial charge on any atom is -0.493 e. The molecule has 0 aliphatic carbocycles. The molecule has 1 aliphatic rings. The van der Waals surface area contributed by atoms with E-state index in [4.69, 9.17) is 9.47 Å². The Balaban J connectivity index is 1.99. The SMILES string of the molecule is COc1cc2c(cc1OC)N(C)C(O)=C(NC(=O)c1ccncc1)C2O. The first kappa shape index (κ1) is 17.6. The Hall–Kier alpha value is -3.26. The van der Waals surface area contributed by atoms with Crippen molar-refractivity contribution in [2.24, 2.45) is 0 Å². The summed E-state index contributed by atoms with van der Waals surface area (Å²) >= 11 is 0. The topological polar surface area (TPSA) is 104 Å². The van der Waals surface area contributed by atoms with Crippen LogP contribution in [0.25, 0.3) is 0 Å². The quantitative estimate of drug-likeness (QED) is 0.765. The van der Waals surface area contributed by atoms with Gasteiger partial charge in [0.25, 0.3) is 5.91 Å². The lowest BCUT2D eigenvalue weighted by molar-refractivity contribution is 0.0940. The van der Waals surface area contributed by atoms with Crippen LogP contribution in [0.5, 0.6) is 11.5 Å². The Morgan fingerprint density at radius 3 is 2.42 bits per heavy atom. The first-order valence-electron chi connectivity index (χ1n) is 7.80. The molecule has 26 heavy (non-hydrogen) atoms. The van der Waals surface area contributed by atoms with Crippen molar-refractivity contribution in [1.29, 1.82) is 0 Å². The first-order chi connectivity index (χ1) is 12.5. The molecule has 8 heteroatoms. The molecule has 1 aliphatic heterocycles. The molecule has 0 bridgehead atoms. The zero-order chi connectivity index (χ0) is 18.8. The van der Waals surface area contributed by atoms with Crippen molar-refractivity contribution in [3.05, 3.63) is 59.4 Å². The van der Waals surface area contributed by atoms with Gasteiger partial charge in [-0.25, -0.2) is 0 Å². The van der Waals surface area contributed by atoms with Gasteiger partial charge in [0.2, 0.25) is 5.88 Å². The fourth-order valence-electron chi connectivity index (χ4n) is 2.79. The van der Waals surface area contributed by atoms with Crippen LogP contribution in [0, 0.1) is 0 Å². The van der Waals surface area contributed by atoms with Gasteiger partial charge in [-0.2, -0.15) is 0 Å². The van der Waals surface area contributed by atoms with E-state index in [9.17, 15) is 15.0 Å². The zero-order valence-corrected chi connectivity index (χ0v) is 14.6. The van der Waals surface area contributed by atoms with Crippen molar-refractivity contribution in [2.75, 3.05) is 26.2 Å². The summed E-state index contributed by atoms with van der Waals surface area (Å²) in [6.45, 7) is 0. The number of aromatic nitrogens is 1. The largest absolute Gasteiger partial charge is 0.493 e. The molecule has 0 spiro atoms. The van der Waals surface area contributed by atoms with Gasteiger partial charge in [0.05, 0.1) is 19.9 Å². The predicted molar refractivity (Wildman–Crippen MR) is 94.3 cm³/mol. The summed E-state index contributed by atoms with van der Waals surface area (Å²) in [4.78, 5) is 17.7. The predicted octanol–water partition coefficient (Wildman–Crippen LogP) is 1.74. The van der Waals surface area contributed by atoms with Crippen LogP contribution in [0.4, 0.5) is 5.69 Å². The Kier molecular flexibility index (Phi) is 4.68. The van der Waals surface area contributed by atoms with Gasteiger partial charge >= 0.3 is 0 Å². The molecule has 1 amide bonds. The van der Waals surface area contributed by atoms with E-state index >= 15 is 0 Å². The number of ether oxygens (including phenoxy) is 2. The lowest BCUT2D eigenvalue weighted by Gasteiger charge is -2.32. The van der Waals surface area contributed by atoms with E-state index in [1.807, 2.05) is 0 Å². The number of nitrogens with zero attached hydrogens (tertiary/aromatic N) is 2. The Morgan fingerprint density at radius 2 is 1.81 bits per heavy atom. The standard InChI is InChI=1S/C18H19N3O5/c1-21-12-9-14(26-3)13(25-2)8-11(12)16(22)15(18(21)24)20-17(23)10-4-6-19-7-5-10/h4-9,16,22,24H,1-3H3,(H,20,23). The van der Waals surface area contributed by atoms with Crippen molar-refractivity contribution in [3.63, 3.8) is 0 Å². The smallest absolute Gasteiger partial charge is 0.255 e. The number of hydrogen-bond acceptors (Lipinski definition) is 7. The van der Waals surface area contributed by atoms with Gasteiger partial charge in [0.1, 0.15) is 11.8 Å². The minimum absolute atomic E-state index is 0.0194. The summed E-state index contributed by atoms with van der Waals surface area (Å²) in [7, 11) is 4.60. The number of amides is 1. The molecular formula is C18H19N3O5. The van der Waals surface area contributed by atoms with Crippen LogP contribution >= 0.6 is 0 Å². The third kappa shape index (κ3) is 2.91. The van der Waals surface area contributed by atoms with Crippen LogP contribution in [-0.4, -0.2) is 42.4 Å². The van der Waals surface area contributed by atoms with Crippen molar-refractivity contribution in [3.8, 4) is 11.5 Å². The fraction of sp³-hybridized carbons (Fsp3) is 0.222. The third-order valence-electron chi connectivity index (χ3n) is 4.21. The molecule has 1 unspecified atom stereocenters. The van der Waals surface area contributed by atoms with Crippen LogP contribution in [0.15, 0.2) is 48.2 Å². The lowest BCUT2D eigenvalue weighted by atomic mass is 9.98. The highest BCUT2D eigenvalue weighted by atomic mass is 16.5. The van der Waals surface area contributed by atoms with Crippen LogP contribution in [0.1, 0.15) is 22.0 Å². The molecule has 1 atom stereocenters. The van der Waals surface area contributed by atoms with Crippen LogP contribution in [0.2, 0.25) is 0 Å². The zero-order valence-electron chi connectivity index (χ0n) is 14.6. The molecular weight excluding hydrogens is 338 g/mol. The highest BCUT2D eigenvalue weighted by Crippen LogP contribution is 2.43. The minimum atomic E-state index is -1.24. The van der Waals surface area contributed by atoms with E-state index in [1.54, 1.807) is 19.2 Å². The van der Waals surface area contributed by atoms with E-state index in [0.717, 1.165) is 0 Å². The molecule has 1 aromatic carbocycles.